The molecule has 0 bridgehead atoms. The number of nitrogens with one attached hydrogen (secondary N) is 1. The van der Waals surface area contributed by atoms with Gasteiger partial charge in [-0.15, -0.1) is 5.10 Å². The molecule has 76 valence electrons. The maximum atomic E-state index is 12.5. The predicted octanol–water partition coefficient (Wildman–Crippen LogP) is 1.51. The maximum absolute atomic E-state index is 12.5. The minimum absolute atomic E-state index is 0.380. The second-order valence-electron chi connectivity index (χ2n) is 2.16. The van der Waals surface area contributed by atoms with Crippen LogP contribution in [0.2, 0.25) is 0 Å². The van der Waals surface area contributed by atoms with Crippen LogP contribution >= 0.6 is 11.6 Å². The van der Waals surface area contributed by atoms with E-state index in [0.29, 0.717) is 0 Å². The summed E-state index contributed by atoms with van der Waals surface area (Å²) in [7, 11) is 0. The van der Waals surface area contributed by atoms with Gasteiger partial charge in [0.15, 0.2) is 0 Å². The Morgan fingerprint density at radius 1 is 1.31 bits per heavy atom. The highest BCUT2D eigenvalue weighted by molar-refractivity contribution is 6.64. The van der Waals surface area contributed by atoms with E-state index >= 15 is 0 Å². The van der Waals surface area contributed by atoms with Crippen molar-refractivity contribution in [1.82, 2.24) is 10.3 Å². The van der Waals surface area contributed by atoms with Gasteiger partial charge in [-0.1, -0.05) is 0 Å². The fraction of sp³-hybridized carbons (Fsp3) is 0.750. The lowest BCUT2D eigenvalue weighted by atomic mass is 10.5. The zero-order chi connectivity index (χ0) is 10.3. The van der Waals surface area contributed by atoms with E-state index in [-0.39, 0.29) is 4.90 Å². The first-order valence-electron chi connectivity index (χ1n) is 2.95. The molecule has 0 saturated heterocycles. The lowest BCUT2D eigenvalue weighted by molar-refractivity contribution is -0.325. The summed E-state index contributed by atoms with van der Waals surface area (Å²) in [6.07, 6.45) is -5.67. The summed E-state index contributed by atoms with van der Waals surface area (Å²) >= 11 is 5.00. The number of amidine groups is 1. The Morgan fingerprint density at radius 2 is 1.85 bits per heavy atom. The Morgan fingerprint density at radius 3 is 2.15 bits per heavy atom. The zero-order valence-corrected chi connectivity index (χ0v) is 6.63. The molecule has 0 spiro atoms. The molecule has 0 aromatic rings. The molecule has 1 rings (SSSR count). The summed E-state index contributed by atoms with van der Waals surface area (Å²) in [5.41, 5.74) is 1.90. The lowest BCUT2D eigenvalue weighted by Gasteiger charge is -2.28. The van der Waals surface area contributed by atoms with E-state index < -0.39 is 24.2 Å². The lowest BCUT2D eigenvalue weighted by Crippen LogP contribution is -2.53. The van der Waals surface area contributed by atoms with Gasteiger partial charge in [-0.2, -0.15) is 22.0 Å². The summed E-state index contributed by atoms with van der Waals surface area (Å²) in [6, 6.07) is -5.00. The van der Waals surface area contributed by atoms with Crippen molar-refractivity contribution in [3.8, 4) is 0 Å². The molecule has 0 radical (unpaired) electrons. The number of halogens is 6. The van der Waals surface area contributed by atoms with E-state index in [2.05, 4.69) is 5.10 Å². The predicted molar refractivity (Wildman–Crippen MR) is 34.1 cm³/mol. The summed E-state index contributed by atoms with van der Waals surface area (Å²) in [6.45, 7) is -0.772. The van der Waals surface area contributed by atoms with Crippen LogP contribution in [0.25, 0.3) is 0 Å². The van der Waals surface area contributed by atoms with Gasteiger partial charge in [0.05, 0.1) is 0 Å². The molecule has 9 heteroatoms. The number of rotatable bonds is 1. The fourth-order valence-electron chi connectivity index (χ4n) is 0.665. The zero-order valence-electron chi connectivity index (χ0n) is 5.87. The molecule has 1 N–H and O–H groups in total. The summed E-state index contributed by atoms with van der Waals surface area (Å²) in [5.74, 6) is 0. The smallest absolute Gasteiger partial charge is 0.287 e. The van der Waals surface area contributed by atoms with Gasteiger partial charge in [0.25, 0.3) is 0 Å². The first-order chi connectivity index (χ1) is 5.77. The van der Waals surface area contributed by atoms with Crippen molar-refractivity contribution < 1.29 is 22.0 Å². The highest BCUT2D eigenvalue weighted by Crippen LogP contribution is 2.39. The number of hydrogen-bond donors (Lipinski definition) is 1. The Hall–Kier alpha value is -0.790. The van der Waals surface area contributed by atoms with E-state index in [1.165, 1.54) is 0 Å². The monoisotopic (exact) mass is 223 g/mol. The van der Waals surface area contributed by atoms with Crippen LogP contribution in [0, 0.1) is 0 Å². The van der Waals surface area contributed by atoms with Gasteiger partial charge in [-0.3, -0.25) is 10.3 Å². The highest BCUT2D eigenvalue weighted by Gasteiger charge is 2.63. The SMILES string of the molecule is FC(F)(F)C(F)(F)N1CNN=C1Cl. The van der Waals surface area contributed by atoms with Crippen LogP contribution < -0.4 is 5.43 Å². The molecule has 13 heavy (non-hydrogen) atoms. The Bertz CT molecular complexity index is 236. The van der Waals surface area contributed by atoms with Crippen LogP contribution in [-0.2, 0) is 0 Å². The van der Waals surface area contributed by atoms with Crippen LogP contribution in [0.4, 0.5) is 22.0 Å². The number of hydrazone groups is 1. The molecule has 0 fully saturated rings. The first-order valence-corrected chi connectivity index (χ1v) is 3.33. The Labute approximate surface area is 74.1 Å². The second-order valence-corrected chi connectivity index (χ2v) is 2.50. The average Bonchev–Trinajstić information content (AvgIpc) is 2.32. The van der Waals surface area contributed by atoms with Crippen LogP contribution in [0.3, 0.4) is 0 Å². The van der Waals surface area contributed by atoms with E-state index in [9.17, 15) is 22.0 Å². The number of nitrogens with zero attached hydrogens (tertiary/aromatic N) is 2. The summed E-state index contributed by atoms with van der Waals surface area (Å²) < 4.78 is 60.1. The Kier molecular flexibility index (Phi) is 2.27. The molecular weight excluding hydrogens is 221 g/mol. The van der Waals surface area contributed by atoms with Crippen LogP contribution in [-0.4, -0.2) is 29.1 Å². The molecule has 0 saturated carbocycles. The largest absolute Gasteiger partial charge is 0.475 e. The van der Waals surface area contributed by atoms with Gasteiger partial charge in [0.2, 0.25) is 5.29 Å². The van der Waals surface area contributed by atoms with Crippen molar-refractivity contribution in [2.24, 2.45) is 5.10 Å². The maximum Gasteiger partial charge on any atom is 0.475 e. The second kappa shape index (κ2) is 2.86. The third-order valence-corrected chi connectivity index (χ3v) is 1.59. The van der Waals surface area contributed by atoms with Crippen LogP contribution in [0.15, 0.2) is 5.10 Å². The summed E-state index contributed by atoms with van der Waals surface area (Å²) in [5, 5.41) is 2.06. The topological polar surface area (TPSA) is 27.6 Å². The van der Waals surface area contributed by atoms with Crippen molar-refractivity contribution in [3.63, 3.8) is 0 Å². The van der Waals surface area contributed by atoms with Crippen molar-refractivity contribution >= 4 is 16.9 Å². The molecule has 0 aromatic carbocycles. The van der Waals surface area contributed by atoms with Crippen molar-refractivity contribution in [2.75, 3.05) is 6.67 Å². The fourth-order valence-corrected chi connectivity index (χ4v) is 0.891. The third-order valence-electron chi connectivity index (χ3n) is 1.30. The number of hydrogen-bond acceptors (Lipinski definition) is 3. The molecule has 0 unspecified atom stereocenters. The normalized spacial score (nSPS) is 18.6. The summed E-state index contributed by atoms with van der Waals surface area (Å²) in [4.78, 5) is -0.380. The van der Waals surface area contributed by atoms with Gasteiger partial charge in [-0.05, 0) is 11.6 Å². The standard InChI is InChI=1S/C4H3ClF5N3/c5-2-12-11-1-13(2)4(9,10)3(6,7)8/h11H,1H2. The minimum Gasteiger partial charge on any atom is -0.287 e. The molecular formula is C4H3ClF5N3. The molecule has 0 aromatic heterocycles. The minimum atomic E-state index is -5.67. The van der Waals surface area contributed by atoms with Crippen LogP contribution in [0.1, 0.15) is 0 Å². The number of alkyl halides is 5. The van der Waals surface area contributed by atoms with Gasteiger partial charge >= 0.3 is 12.2 Å². The van der Waals surface area contributed by atoms with Crippen LogP contribution in [0.5, 0.6) is 0 Å². The molecule has 1 heterocycles. The van der Waals surface area contributed by atoms with E-state index in [1.54, 1.807) is 0 Å². The van der Waals surface area contributed by atoms with E-state index in [0.717, 1.165) is 0 Å². The van der Waals surface area contributed by atoms with Crippen molar-refractivity contribution in [3.05, 3.63) is 0 Å². The van der Waals surface area contributed by atoms with Gasteiger partial charge in [0, 0.05) is 0 Å². The molecule has 0 atom stereocenters. The van der Waals surface area contributed by atoms with E-state index in [4.69, 9.17) is 11.6 Å². The first kappa shape index (κ1) is 10.3. The van der Waals surface area contributed by atoms with E-state index in [1.807, 2.05) is 5.43 Å². The molecule has 0 amide bonds. The van der Waals surface area contributed by atoms with Gasteiger partial charge < -0.3 is 0 Å². The molecule has 1 aliphatic rings. The Balaban J connectivity index is 2.87. The average molecular weight is 224 g/mol. The van der Waals surface area contributed by atoms with Gasteiger partial charge in [0.1, 0.15) is 6.67 Å². The van der Waals surface area contributed by atoms with Crippen molar-refractivity contribution in [2.45, 2.75) is 12.2 Å². The molecule has 0 aliphatic carbocycles. The highest BCUT2D eigenvalue weighted by atomic mass is 35.5. The van der Waals surface area contributed by atoms with Crippen molar-refractivity contribution in [1.29, 1.82) is 0 Å². The molecule has 3 nitrogen and oxygen atoms in total. The quantitative estimate of drug-likeness (QED) is 0.539. The third kappa shape index (κ3) is 1.62. The molecule has 1 aliphatic heterocycles. The van der Waals surface area contributed by atoms with Gasteiger partial charge in [-0.25, -0.2) is 0 Å².